The van der Waals surface area contributed by atoms with Gasteiger partial charge in [0.2, 0.25) is 0 Å². The number of nitrogens with one attached hydrogen (secondary N) is 2. The first-order valence-electron chi connectivity index (χ1n) is 6.46. The number of rotatable bonds is 7. The van der Waals surface area contributed by atoms with Gasteiger partial charge in [0, 0.05) is 19.6 Å². The molecular weight excluding hydrogens is 229 g/mol. The van der Waals surface area contributed by atoms with Gasteiger partial charge in [-0.2, -0.15) is 13.2 Å². The first-order valence-corrected chi connectivity index (χ1v) is 6.46. The van der Waals surface area contributed by atoms with Crippen molar-refractivity contribution in [2.75, 3.05) is 26.2 Å². The fraction of sp³-hybridized carbons (Fsp3) is 1.00. The fourth-order valence-electron chi connectivity index (χ4n) is 2.54. The summed E-state index contributed by atoms with van der Waals surface area (Å²) in [6.45, 7) is 3.23. The van der Waals surface area contributed by atoms with E-state index in [4.69, 9.17) is 0 Å². The topological polar surface area (TPSA) is 24.1 Å². The maximum Gasteiger partial charge on any atom is 0.401 e. The molecular formula is C12H23F3N2. The van der Waals surface area contributed by atoms with Crippen LogP contribution in [0, 0.1) is 5.41 Å². The molecule has 5 heteroatoms. The van der Waals surface area contributed by atoms with Gasteiger partial charge in [-0.15, -0.1) is 0 Å². The molecule has 0 heterocycles. The number of hydrogen-bond acceptors (Lipinski definition) is 2. The molecule has 0 spiro atoms. The minimum Gasteiger partial charge on any atom is -0.315 e. The van der Waals surface area contributed by atoms with Gasteiger partial charge in [-0.3, -0.25) is 0 Å². The van der Waals surface area contributed by atoms with Crippen molar-refractivity contribution in [3.63, 3.8) is 0 Å². The quantitative estimate of drug-likeness (QED) is 0.681. The highest BCUT2D eigenvalue weighted by Gasteiger charge is 2.31. The van der Waals surface area contributed by atoms with E-state index in [1.165, 1.54) is 25.7 Å². The van der Waals surface area contributed by atoms with Crippen LogP contribution >= 0.6 is 0 Å². The zero-order chi connectivity index (χ0) is 12.8. The molecule has 0 aliphatic heterocycles. The zero-order valence-corrected chi connectivity index (χ0v) is 10.5. The van der Waals surface area contributed by atoms with Crippen LogP contribution < -0.4 is 10.6 Å². The average molecular weight is 252 g/mol. The number of halogens is 3. The third kappa shape index (κ3) is 5.73. The summed E-state index contributed by atoms with van der Waals surface area (Å²) in [5.74, 6) is 0. The van der Waals surface area contributed by atoms with Gasteiger partial charge in [-0.1, -0.05) is 19.8 Å². The van der Waals surface area contributed by atoms with E-state index in [-0.39, 0.29) is 0 Å². The predicted molar refractivity (Wildman–Crippen MR) is 63.0 cm³/mol. The molecule has 0 aromatic rings. The summed E-state index contributed by atoms with van der Waals surface area (Å²) in [5, 5.41) is 5.67. The maximum atomic E-state index is 11.8. The van der Waals surface area contributed by atoms with Gasteiger partial charge in [0.05, 0.1) is 6.54 Å². The van der Waals surface area contributed by atoms with E-state index in [1.807, 2.05) is 0 Å². The van der Waals surface area contributed by atoms with Crippen molar-refractivity contribution in [1.82, 2.24) is 10.6 Å². The monoisotopic (exact) mass is 252 g/mol. The van der Waals surface area contributed by atoms with E-state index < -0.39 is 12.7 Å². The van der Waals surface area contributed by atoms with Crippen LogP contribution in [0.4, 0.5) is 13.2 Å². The molecule has 0 radical (unpaired) electrons. The summed E-state index contributed by atoms with van der Waals surface area (Å²) < 4.78 is 35.5. The van der Waals surface area contributed by atoms with Gasteiger partial charge in [-0.25, -0.2) is 0 Å². The Morgan fingerprint density at radius 2 is 1.65 bits per heavy atom. The molecule has 0 bridgehead atoms. The lowest BCUT2D eigenvalue weighted by Crippen LogP contribution is -2.38. The minimum atomic E-state index is -4.10. The highest BCUT2D eigenvalue weighted by molar-refractivity contribution is 4.85. The molecule has 1 aliphatic rings. The van der Waals surface area contributed by atoms with Crippen molar-refractivity contribution in [1.29, 1.82) is 0 Å². The lowest BCUT2D eigenvalue weighted by molar-refractivity contribution is -0.124. The lowest BCUT2D eigenvalue weighted by Gasteiger charge is -2.27. The largest absolute Gasteiger partial charge is 0.401 e. The van der Waals surface area contributed by atoms with Gasteiger partial charge in [0.15, 0.2) is 0 Å². The van der Waals surface area contributed by atoms with E-state index in [2.05, 4.69) is 17.6 Å². The standard InChI is InChI=1S/C12H23F3N2/c1-2-11(5-3-4-6-11)9-16-7-8-17-10-12(13,14)15/h16-17H,2-10H2,1H3. The van der Waals surface area contributed by atoms with Gasteiger partial charge in [-0.05, 0) is 24.7 Å². The molecule has 1 aliphatic carbocycles. The second-order valence-electron chi connectivity index (χ2n) is 5.03. The van der Waals surface area contributed by atoms with Crippen LogP contribution in [-0.4, -0.2) is 32.4 Å². The van der Waals surface area contributed by atoms with Gasteiger partial charge in [0.25, 0.3) is 0 Å². The SMILES string of the molecule is CCC1(CNCCNCC(F)(F)F)CCCC1. The molecule has 1 saturated carbocycles. The lowest BCUT2D eigenvalue weighted by atomic mass is 9.83. The summed E-state index contributed by atoms with van der Waals surface area (Å²) in [6, 6.07) is 0. The normalized spacial score (nSPS) is 19.8. The molecule has 1 rings (SSSR count). The van der Waals surface area contributed by atoms with Crippen molar-refractivity contribution in [3.8, 4) is 0 Å². The molecule has 0 aromatic carbocycles. The molecule has 0 aromatic heterocycles. The van der Waals surface area contributed by atoms with Gasteiger partial charge in [0.1, 0.15) is 0 Å². The minimum absolute atomic E-state index is 0.374. The van der Waals surface area contributed by atoms with Crippen LogP contribution in [0.1, 0.15) is 39.0 Å². The number of hydrogen-bond donors (Lipinski definition) is 2. The Labute approximate surface area is 101 Å². The zero-order valence-electron chi connectivity index (χ0n) is 10.5. The second kappa shape index (κ2) is 6.59. The third-order valence-corrected chi connectivity index (χ3v) is 3.72. The molecule has 0 unspecified atom stereocenters. The molecule has 1 fully saturated rings. The first kappa shape index (κ1) is 14.8. The Hall–Kier alpha value is -0.290. The molecule has 2 N–H and O–H groups in total. The first-order chi connectivity index (χ1) is 7.97. The highest BCUT2D eigenvalue weighted by Crippen LogP contribution is 2.40. The van der Waals surface area contributed by atoms with Crippen LogP contribution in [0.25, 0.3) is 0 Å². The fourth-order valence-corrected chi connectivity index (χ4v) is 2.54. The van der Waals surface area contributed by atoms with Crippen molar-refractivity contribution < 1.29 is 13.2 Å². The van der Waals surface area contributed by atoms with Crippen LogP contribution in [0.3, 0.4) is 0 Å². The summed E-state index contributed by atoms with van der Waals surface area (Å²) >= 11 is 0. The second-order valence-corrected chi connectivity index (χ2v) is 5.03. The van der Waals surface area contributed by atoms with E-state index in [0.29, 0.717) is 18.5 Å². The molecule has 0 amide bonds. The summed E-state index contributed by atoms with van der Waals surface area (Å²) in [7, 11) is 0. The Kier molecular flexibility index (Phi) is 5.73. The highest BCUT2D eigenvalue weighted by atomic mass is 19.4. The van der Waals surface area contributed by atoms with Crippen molar-refractivity contribution in [2.24, 2.45) is 5.41 Å². The van der Waals surface area contributed by atoms with E-state index in [1.54, 1.807) is 0 Å². The Bertz CT molecular complexity index is 210. The molecule has 0 atom stereocenters. The van der Waals surface area contributed by atoms with Crippen LogP contribution in [-0.2, 0) is 0 Å². The molecule has 17 heavy (non-hydrogen) atoms. The summed E-state index contributed by atoms with van der Waals surface area (Å²) in [4.78, 5) is 0. The Morgan fingerprint density at radius 3 is 2.18 bits per heavy atom. The third-order valence-electron chi connectivity index (χ3n) is 3.72. The Balaban J connectivity index is 2.04. The maximum absolute atomic E-state index is 11.8. The predicted octanol–water partition coefficient (Wildman–Crippen LogP) is 2.70. The van der Waals surface area contributed by atoms with E-state index in [0.717, 1.165) is 13.0 Å². The molecule has 0 saturated heterocycles. The van der Waals surface area contributed by atoms with Gasteiger partial charge >= 0.3 is 6.18 Å². The van der Waals surface area contributed by atoms with E-state index >= 15 is 0 Å². The van der Waals surface area contributed by atoms with Crippen LogP contribution in [0.15, 0.2) is 0 Å². The van der Waals surface area contributed by atoms with Crippen molar-refractivity contribution >= 4 is 0 Å². The molecule has 102 valence electrons. The number of alkyl halides is 3. The average Bonchev–Trinajstić information content (AvgIpc) is 2.71. The summed E-state index contributed by atoms with van der Waals surface area (Å²) in [5.41, 5.74) is 0.407. The van der Waals surface area contributed by atoms with Gasteiger partial charge < -0.3 is 10.6 Å². The van der Waals surface area contributed by atoms with Crippen LogP contribution in [0.2, 0.25) is 0 Å². The summed E-state index contributed by atoms with van der Waals surface area (Å²) in [6.07, 6.45) is 2.16. The van der Waals surface area contributed by atoms with Crippen molar-refractivity contribution in [2.45, 2.75) is 45.2 Å². The van der Waals surface area contributed by atoms with E-state index in [9.17, 15) is 13.2 Å². The Morgan fingerprint density at radius 1 is 1.06 bits per heavy atom. The van der Waals surface area contributed by atoms with Crippen LogP contribution in [0.5, 0.6) is 0 Å². The smallest absolute Gasteiger partial charge is 0.315 e. The molecule has 2 nitrogen and oxygen atoms in total. The van der Waals surface area contributed by atoms with Crippen molar-refractivity contribution in [3.05, 3.63) is 0 Å².